The average Bonchev–Trinajstić information content (AvgIpc) is 3.51. The molecule has 1 aromatic carbocycles. The van der Waals surface area contributed by atoms with Crippen molar-refractivity contribution in [3.05, 3.63) is 60.9 Å². The van der Waals surface area contributed by atoms with Gasteiger partial charge in [-0.15, -0.1) is 5.10 Å². The lowest BCUT2D eigenvalue weighted by atomic mass is 10.0. The standard InChI is InChI=1S/C22H25N7O/c1-2-16-11-23-22(24-12-16)28-13-18-9-17(10-19(18)14-28)7-8-30-21-5-3-20(4-6-21)29-15-25-26-27-29/h3-8,11-12,15,17-19H,2,9-10,13-14H2,1H3. The van der Waals surface area contributed by atoms with Gasteiger partial charge in [-0.05, 0) is 83.3 Å². The van der Waals surface area contributed by atoms with Crippen LogP contribution < -0.4 is 9.64 Å². The second kappa shape index (κ2) is 8.22. The van der Waals surface area contributed by atoms with E-state index in [1.54, 1.807) is 11.0 Å². The lowest BCUT2D eigenvalue weighted by Gasteiger charge is -2.18. The minimum absolute atomic E-state index is 0.575. The molecule has 0 bridgehead atoms. The van der Waals surface area contributed by atoms with Gasteiger partial charge in [-0.1, -0.05) is 6.92 Å². The second-order valence-electron chi connectivity index (χ2n) is 8.10. The summed E-state index contributed by atoms with van der Waals surface area (Å²) in [6, 6.07) is 7.71. The van der Waals surface area contributed by atoms with Gasteiger partial charge in [0.25, 0.3) is 0 Å². The SMILES string of the molecule is CCc1cnc(N2CC3CC(C=COc4ccc(-n5cnnn5)cc4)CC3C2)nc1. The highest BCUT2D eigenvalue weighted by molar-refractivity contribution is 5.36. The quantitative estimate of drug-likeness (QED) is 0.585. The first-order valence-corrected chi connectivity index (χ1v) is 10.5. The van der Waals surface area contributed by atoms with Crippen LogP contribution in [0.5, 0.6) is 5.75 Å². The Hall–Kier alpha value is -3.29. The van der Waals surface area contributed by atoms with Crippen molar-refractivity contribution in [2.75, 3.05) is 18.0 Å². The van der Waals surface area contributed by atoms with Crippen molar-refractivity contribution in [2.45, 2.75) is 26.2 Å². The van der Waals surface area contributed by atoms with Gasteiger partial charge in [-0.2, -0.15) is 0 Å². The van der Waals surface area contributed by atoms with Crippen molar-refractivity contribution in [1.82, 2.24) is 30.2 Å². The molecule has 5 rings (SSSR count). The summed E-state index contributed by atoms with van der Waals surface area (Å²) >= 11 is 0. The fourth-order valence-corrected chi connectivity index (χ4v) is 4.55. The minimum atomic E-state index is 0.575. The van der Waals surface area contributed by atoms with E-state index in [-0.39, 0.29) is 0 Å². The van der Waals surface area contributed by atoms with E-state index in [4.69, 9.17) is 4.74 Å². The summed E-state index contributed by atoms with van der Waals surface area (Å²) in [5.74, 6) is 3.68. The molecular weight excluding hydrogens is 378 g/mol. The Morgan fingerprint density at radius 1 is 1.07 bits per heavy atom. The highest BCUT2D eigenvalue weighted by atomic mass is 16.5. The molecule has 2 atom stereocenters. The van der Waals surface area contributed by atoms with Crippen LogP contribution in [0.3, 0.4) is 0 Å². The zero-order valence-electron chi connectivity index (χ0n) is 17.0. The summed E-state index contributed by atoms with van der Waals surface area (Å²) in [4.78, 5) is 11.4. The molecular formula is C22H25N7O. The van der Waals surface area contributed by atoms with Crippen molar-refractivity contribution in [1.29, 1.82) is 0 Å². The van der Waals surface area contributed by atoms with Gasteiger partial charge in [0.2, 0.25) is 5.95 Å². The number of allylic oxidation sites excluding steroid dienone is 1. The normalized spacial score (nSPS) is 23.2. The summed E-state index contributed by atoms with van der Waals surface area (Å²) < 4.78 is 7.42. The van der Waals surface area contributed by atoms with Crippen molar-refractivity contribution in [2.24, 2.45) is 17.8 Å². The van der Waals surface area contributed by atoms with E-state index < -0.39 is 0 Å². The van der Waals surface area contributed by atoms with Crippen LogP contribution in [-0.4, -0.2) is 43.3 Å². The third-order valence-corrected chi connectivity index (χ3v) is 6.18. The number of hydrogen-bond donors (Lipinski definition) is 0. The Morgan fingerprint density at radius 3 is 2.43 bits per heavy atom. The summed E-state index contributed by atoms with van der Waals surface area (Å²) in [6.45, 7) is 4.24. The minimum Gasteiger partial charge on any atom is -0.465 e. The smallest absolute Gasteiger partial charge is 0.225 e. The lowest BCUT2D eigenvalue weighted by Crippen LogP contribution is -2.23. The molecule has 3 aromatic rings. The van der Waals surface area contributed by atoms with Gasteiger partial charge in [0.05, 0.1) is 11.9 Å². The van der Waals surface area contributed by atoms with Crippen LogP contribution in [-0.2, 0) is 6.42 Å². The number of aryl methyl sites for hydroxylation is 1. The molecule has 30 heavy (non-hydrogen) atoms. The maximum absolute atomic E-state index is 5.80. The third-order valence-electron chi connectivity index (χ3n) is 6.18. The van der Waals surface area contributed by atoms with E-state index in [0.717, 1.165) is 36.9 Å². The Morgan fingerprint density at radius 2 is 1.80 bits per heavy atom. The molecule has 1 aliphatic carbocycles. The fraction of sp³-hybridized carbons (Fsp3) is 0.409. The molecule has 1 aliphatic heterocycles. The van der Waals surface area contributed by atoms with Crippen molar-refractivity contribution in [3.63, 3.8) is 0 Å². The highest BCUT2D eigenvalue weighted by Gasteiger charge is 2.40. The number of tetrazole rings is 1. The Balaban J connectivity index is 1.12. The molecule has 3 heterocycles. The highest BCUT2D eigenvalue weighted by Crippen LogP contribution is 2.42. The first kappa shape index (κ1) is 18.7. The third kappa shape index (κ3) is 3.90. The maximum Gasteiger partial charge on any atom is 0.225 e. The van der Waals surface area contributed by atoms with E-state index in [1.165, 1.54) is 18.4 Å². The number of hydrogen-bond acceptors (Lipinski definition) is 7. The predicted molar refractivity (Wildman–Crippen MR) is 112 cm³/mol. The molecule has 0 radical (unpaired) electrons. The molecule has 2 aliphatic rings. The van der Waals surface area contributed by atoms with Crippen LogP contribution in [0.4, 0.5) is 5.95 Å². The molecule has 2 aromatic heterocycles. The van der Waals surface area contributed by atoms with Crippen molar-refractivity contribution in [3.8, 4) is 11.4 Å². The number of rotatable bonds is 6. The van der Waals surface area contributed by atoms with Crippen molar-refractivity contribution >= 4 is 5.95 Å². The van der Waals surface area contributed by atoms with Crippen LogP contribution >= 0.6 is 0 Å². The molecule has 8 heteroatoms. The van der Waals surface area contributed by atoms with E-state index >= 15 is 0 Å². The Kier molecular flexibility index (Phi) is 5.13. The maximum atomic E-state index is 5.80. The van der Waals surface area contributed by atoms with Gasteiger partial charge in [-0.3, -0.25) is 0 Å². The van der Waals surface area contributed by atoms with E-state index in [2.05, 4.69) is 43.4 Å². The first-order valence-electron chi connectivity index (χ1n) is 10.5. The number of nitrogens with zero attached hydrogens (tertiary/aromatic N) is 7. The van der Waals surface area contributed by atoms with Gasteiger partial charge in [-0.25, -0.2) is 14.6 Å². The van der Waals surface area contributed by atoms with E-state index in [9.17, 15) is 0 Å². The number of aromatic nitrogens is 6. The summed E-state index contributed by atoms with van der Waals surface area (Å²) in [5.41, 5.74) is 2.09. The molecule has 8 nitrogen and oxygen atoms in total. The predicted octanol–water partition coefficient (Wildman–Crippen LogP) is 3.07. The molecule has 1 saturated carbocycles. The van der Waals surface area contributed by atoms with Gasteiger partial charge in [0.1, 0.15) is 12.1 Å². The van der Waals surface area contributed by atoms with Crippen molar-refractivity contribution < 1.29 is 4.74 Å². The number of fused-ring (bicyclic) bond motifs is 1. The zero-order valence-corrected chi connectivity index (χ0v) is 17.0. The zero-order chi connectivity index (χ0) is 20.3. The molecule has 2 fully saturated rings. The summed E-state index contributed by atoms with van der Waals surface area (Å²) in [6.07, 6.45) is 12.9. The van der Waals surface area contributed by atoms with Crippen LogP contribution in [0.1, 0.15) is 25.3 Å². The molecule has 1 saturated heterocycles. The molecule has 2 unspecified atom stereocenters. The van der Waals surface area contributed by atoms with Gasteiger partial charge < -0.3 is 9.64 Å². The van der Waals surface area contributed by atoms with Crippen LogP contribution in [0.15, 0.2) is 55.3 Å². The fourth-order valence-electron chi connectivity index (χ4n) is 4.55. The Labute approximate surface area is 175 Å². The van der Waals surface area contributed by atoms with Crippen LogP contribution in [0, 0.1) is 17.8 Å². The number of ether oxygens (including phenoxy) is 1. The van der Waals surface area contributed by atoms with Crippen LogP contribution in [0.25, 0.3) is 5.69 Å². The molecule has 0 spiro atoms. The van der Waals surface area contributed by atoms with Gasteiger partial charge in [0.15, 0.2) is 0 Å². The molecule has 0 N–H and O–H groups in total. The van der Waals surface area contributed by atoms with E-state index in [1.807, 2.05) is 42.9 Å². The second-order valence-corrected chi connectivity index (χ2v) is 8.10. The molecule has 0 amide bonds. The summed E-state index contributed by atoms with van der Waals surface area (Å²) in [5, 5.41) is 11.2. The first-order chi connectivity index (χ1) is 14.8. The number of benzene rings is 1. The van der Waals surface area contributed by atoms with E-state index in [0.29, 0.717) is 17.8 Å². The topological polar surface area (TPSA) is 81.9 Å². The average molecular weight is 403 g/mol. The van der Waals surface area contributed by atoms with Crippen LogP contribution in [0.2, 0.25) is 0 Å². The number of anilines is 1. The summed E-state index contributed by atoms with van der Waals surface area (Å²) in [7, 11) is 0. The lowest BCUT2D eigenvalue weighted by molar-refractivity contribution is 0.469. The largest absolute Gasteiger partial charge is 0.465 e. The monoisotopic (exact) mass is 403 g/mol. The Bertz CT molecular complexity index is 971. The molecule has 154 valence electrons. The van der Waals surface area contributed by atoms with Gasteiger partial charge >= 0.3 is 0 Å². The van der Waals surface area contributed by atoms with Gasteiger partial charge in [0, 0.05) is 25.5 Å².